The molecule has 0 atom stereocenters. The molecule has 1 N–H and O–H groups in total. The van der Waals surface area contributed by atoms with Gasteiger partial charge in [0.25, 0.3) is 0 Å². The molecule has 0 bridgehead atoms. The molecule has 1 fully saturated rings. The van der Waals surface area contributed by atoms with Gasteiger partial charge < -0.3 is 9.84 Å². The van der Waals surface area contributed by atoms with E-state index >= 15 is 0 Å². The molecule has 0 unspecified atom stereocenters. The van der Waals surface area contributed by atoms with E-state index in [1.54, 1.807) is 12.1 Å². The second-order valence-electron chi connectivity index (χ2n) is 6.83. The zero-order valence-electron chi connectivity index (χ0n) is 14.8. The van der Waals surface area contributed by atoms with Crippen molar-refractivity contribution in [1.82, 2.24) is 4.90 Å². The Balaban J connectivity index is 1.63. The molecule has 0 spiro atoms. The molecule has 1 heterocycles. The summed E-state index contributed by atoms with van der Waals surface area (Å²) in [5.41, 5.74) is 3.98. The molecule has 4 nitrogen and oxygen atoms in total. The number of ether oxygens (including phenoxy) is 1. The third kappa shape index (κ3) is 4.17. The van der Waals surface area contributed by atoms with Crippen LogP contribution in [0.4, 0.5) is 4.39 Å². The predicted octanol–water partition coefficient (Wildman–Crippen LogP) is 4.19. The predicted molar refractivity (Wildman–Crippen MR) is 98.1 cm³/mol. The maximum atomic E-state index is 13.2. The highest BCUT2D eigenvalue weighted by molar-refractivity contribution is 6.30. The summed E-state index contributed by atoms with van der Waals surface area (Å²) >= 11 is 5.80. The van der Waals surface area contributed by atoms with Crippen LogP contribution in [0.1, 0.15) is 22.3 Å². The monoisotopic (exact) mass is 377 g/mol. The van der Waals surface area contributed by atoms with Crippen molar-refractivity contribution < 1.29 is 19.0 Å². The van der Waals surface area contributed by atoms with Gasteiger partial charge in [-0.1, -0.05) is 29.8 Å². The molecule has 0 amide bonds. The Bertz CT molecular complexity index is 811. The molecule has 0 aromatic heterocycles. The molecule has 0 saturated carbocycles. The second-order valence-corrected chi connectivity index (χ2v) is 7.23. The van der Waals surface area contributed by atoms with Gasteiger partial charge in [0, 0.05) is 19.6 Å². The largest absolute Gasteiger partial charge is 0.488 e. The second kappa shape index (κ2) is 7.64. The van der Waals surface area contributed by atoms with Crippen LogP contribution in [0.2, 0.25) is 5.02 Å². The van der Waals surface area contributed by atoms with Crippen molar-refractivity contribution >= 4 is 17.6 Å². The van der Waals surface area contributed by atoms with Crippen molar-refractivity contribution in [1.29, 1.82) is 0 Å². The van der Waals surface area contributed by atoms with Crippen LogP contribution in [-0.2, 0) is 17.9 Å². The van der Waals surface area contributed by atoms with Crippen molar-refractivity contribution in [3.05, 3.63) is 63.4 Å². The average Bonchev–Trinajstić information content (AvgIpc) is 2.52. The van der Waals surface area contributed by atoms with Crippen LogP contribution in [-0.4, -0.2) is 29.1 Å². The first-order valence-electron chi connectivity index (χ1n) is 8.45. The van der Waals surface area contributed by atoms with E-state index in [-0.39, 0.29) is 10.9 Å². The van der Waals surface area contributed by atoms with Gasteiger partial charge in [-0.05, 0) is 48.2 Å². The SMILES string of the molecule is Cc1cc(CN2CC(C(=O)O)C2)cc(C)c1OCc1ccc(F)c(Cl)c1. The normalized spacial score (nSPS) is 14.9. The molecule has 0 radical (unpaired) electrons. The molecule has 1 aliphatic rings. The molecule has 26 heavy (non-hydrogen) atoms. The number of carbonyl (C=O) groups is 1. The van der Waals surface area contributed by atoms with Crippen LogP contribution in [0.15, 0.2) is 30.3 Å². The number of aliphatic carboxylic acids is 1. The summed E-state index contributed by atoms with van der Waals surface area (Å²) in [6, 6.07) is 8.69. The van der Waals surface area contributed by atoms with Crippen LogP contribution in [0, 0.1) is 25.6 Å². The molecule has 3 rings (SSSR count). The minimum atomic E-state index is -0.724. The number of benzene rings is 2. The standard InChI is InChI=1S/C20H21ClFNO3/c1-12-5-15(8-23-9-16(10-23)20(24)25)6-13(2)19(12)26-11-14-3-4-18(22)17(21)7-14/h3-7,16H,8-11H2,1-2H3,(H,24,25). The van der Waals surface area contributed by atoms with E-state index in [4.69, 9.17) is 21.4 Å². The van der Waals surface area contributed by atoms with Crippen molar-refractivity contribution in [3.8, 4) is 5.75 Å². The lowest BCUT2D eigenvalue weighted by atomic mass is 9.98. The van der Waals surface area contributed by atoms with Crippen molar-refractivity contribution in [3.63, 3.8) is 0 Å². The molecule has 1 aliphatic heterocycles. The van der Waals surface area contributed by atoms with Gasteiger partial charge in [-0.25, -0.2) is 4.39 Å². The Morgan fingerprint density at radius 2 is 1.88 bits per heavy atom. The molecular formula is C20H21ClFNO3. The van der Waals surface area contributed by atoms with Gasteiger partial charge in [-0.15, -0.1) is 0 Å². The van der Waals surface area contributed by atoms with Gasteiger partial charge in [0.1, 0.15) is 18.2 Å². The Labute approximate surface area is 157 Å². The van der Waals surface area contributed by atoms with Gasteiger partial charge in [0.2, 0.25) is 0 Å². The van der Waals surface area contributed by atoms with Gasteiger partial charge >= 0.3 is 5.97 Å². The highest BCUT2D eigenvalue weighted by Gasteiger charge is 2.32. The summed E-state index contributed by atoms with van der Waals surface area (Å²) in [7, 11) is 0. The molecular weight excluding hydrogens is 357 g/mol. The van der Waals surface area contributed by atoms with E-state index in [0.717, 1.165) is 34.5 Å². The van der Waals surface area contributed by atoms with E-state index in [1.807, 2.05) is 13.8 Å². The van der Waals surface area contributed by atoms with E-state index in [0.29, 0.717) is 19.7 Å². The zero-order chi connectivity index (χ0) is 18.8. The first kappa shape index (κ1) is 18.7. The van der Waals surface area contributed by atoms with Crippen LogP contribution in [0.5, 0.6) is 5.75 Å². The van der Waals surface area contributed by atoms with Crippen LogP contribution >= 0.6 is 11.6 Å². The number of hydrogen-bond donors (Lipinski definition) is 1. The maximum absolute atomic E-state index is 13.2. The topological polar surface area (TPSA) is 49.8 Å². The van der Waals surface area contributed by atoms with Crippen molar-refractivity contribution in [2.45, 2.75) is 27.0 Å². The van der Waals surface area contributed by atoms with Crippen LogP contribution < -0.4 is 4.74 Å². The quantitative estimate of drug-likeness (QED) is 0.820. The fraction of sp³-hybridized carbons (Fsp3) is 0.350. The van der Waals surface area contributed by atoms with E-state index in [9.17, 15) is 9.18 Å². The van der Waals surface area contributed by atoms with Gasteiger partial charge in [0.05, 0.1) is 10.9 Å². The van der Waals surface area contributed by atoms with Crippen molar-refractivity contribution in [2.24, 2.45) is 5.92 Å². The number of rotatable bonds is 6. The van der Waals surface area contributed by atoms with Gasteiger partial charge in [-0.3, -0.25) is 9.69 Å². The summed E-state index contributed by atoms with van der Waals surface area (Å²) in [5, 5.41) is 9.04. The van der Waals surface area contributed by atoms with Crippen LogP contribution in [0.3, 0.4) is 0 Å². The smallest absolute Gasteiger partial charge is 0.309 e. The summed E-state index contributed by atoms with van der Waals surface area (Å²) < 4.78 is 19.2. The minimum absolute atomic E-state index is 0.0871. The molecule has 138 valence electrons. The number of carboxylic acid groups (broad SMARTS) is 1. The average molecular weight is 378 g/mol. The Kier molecular flexibility index (Phi) is 5.49. The maximum Gasteiger partial charge on any atom is 0.309 e. The number of halogens is 2. The third-order valence-electron chi connectivity index (χ3n) is 4.60. The van der Waals surface area contributed by atoms with E-state index in [2.05, 4.69) is 17.0 Å². The number of hydrogen-bond acceptors (Lipinski definition) is 3. The number of aryl methyl sites for hydroxylation is 2. The van der Waals surface area contributed by atoms with Crippen LogP contribution in [0.25, 0.3) is 0 Å². The Hall–Kier alpha value is -2.11. The summed E-state index contributed by atoms with van der Waals surface area (Å²) in [6.45, 7) is 6.21. The number of nitrogens with zero attached hydrogens (tertiary/aromatic N) is 1. The van der Waals surface area contributed by atoms with E-state index < -0.39 is 11.8 Å². The van der Waals surface area contributed by atoms with E-state index in [1.165, 1.54) is 6.07 Å². The number of likely N-dealkylation sites (tertiary alicyclic amines) is 1. The molecule has 0 aliphatic carbocycles. The first-order valence-corrected chi connectivity index (χ1v) is 8.83. The third-order valence-corrected chi connectivity index (χ3v) is 4.89. The molecule has 1 saturated heterocycles. The lowest BCUT2D eigenvalue weighted by Crippen LogP contribution is -2.49. The molecule has 2 aromatic carbocycles. The minimum Gasteiger partial charge on any atom is -0.488 e. The summed E-state index contributed by atoms with van der Waals surface area (Å²) in [5.74, 6) is -0.606. The lowest BCUT2D eigenvalue weighted by molar-refractivity contribution is -0.147. The lowest BCUT2D eigenvalue weighted by Gasteiger charge is -2.36. The summed E-state index contributed by atoms with van der Waals surface area (Å²) in [4.78, 5) is 13.0. The van der Waals surface area contributed by atoms with Gasteiger partial charge in [0.15, 0.2) is 0 Å². The number of carboxylic acids is 1. The van der Waals surface area contributed by atoms with Gasteiger partial charge in [-0.2, -0.15) is 0 Å². The highest BCUT2D eigenvalue weighted by atomic mass is 35.5. The Morgan fingerprint density at radius 3 is 2.46 bits per heavy atom. The molecule has 6 heteroatoms. The highest BCUT2D eigenvalue weighted by Crippen LogP contribution is 2.28. The fourth-order valence-electron chi connectivity index (χ4n) is 3.26. The Morgan fingerprint density at radius 1 is 1.23 bits per heavy atom. The fourth-order valence-corrected chi connectivity index (χ4v) is 3.46. The first-order chi connectivity index (χ1) is 12.3. The zero-order valence-corrected chi connectivity index (χ0v) is 15.5. The summed E-state index contributed by atoms with van der Waals surface area (Å²) in [6.07, 6.45) is 0. The van der Waals surface area contributed by atoms with Crippen molar-refractivity contribution in [2.75, 3.05) is 13.1 Å². The molecule has 2 aromatic rings.